The minimum atomic E-state index is -1.58. The summed E-state index contributed by atoms with van der Waals surface area (Å²) in [5.41, 5.74) is 0. The molecule has 304 valence electrons. The molecule has 1 fully saturated rings. The fourth-order valence-electron chi connectivity index (χ4n) is 5.90. The first-order chi connectivity index (χ1) is 25.8. The summed E-state index contributed by atoms with van der Waals surface area (Å²) in [5, 5.41) is 54.0. The van der Waals surface area contributed by atoms with E-state index >= 15 is 0 Å². The number of hydrogen-bond donors (Lipinski definition) is 6. The highest BCUT2D eigenvalue weighted by Gasteiger charge is 2.44. The number of amides is 1. The van der Waals surface area contributed by atoms with E-state index in [1.54, 1.807) is 6.08 Å². The van der Waals surface area contributed by atoms with Gasteiger partial charge in [0.05, 0.1) is 25.4 Å². The lowest BCUT2D eigenvalue weighted by Gasteiger charge is -2.40. The van der Waals surface area contributed by atoms with Crippen molar-refractivity contribution in [1.82, 2.24) is 5.32 Å². The van der Waals surface area contributed by atoms with Crippen LogP contribution in [0.15, 0.2) is 72.9 Å². The summed E-state index contributed by atoms with van der Waals surface area (Å²) in [6.07, 6.45) is 38.0. The zero-order chi connectivity index (χ0) is 38.8. The lowest BCUT2D eigenvalue weighted by molar-refractivity contribution is -0.302. The van der Waals surface area contributed by atoms with E-state index in [2.05, 4.69) is 79.9 Å². The summed E-state index contributed by atoms with van der Waals surface area (Å²) in [7, 11) is 0. The normalized spacial score (nSPS) is 22.4. The first kappa shape index (κ1) is 48.6. The number of unbranched alkanes of at least 4 members (excludes halogenated alkanes) is 12. The summed E-state index contributed by atoms with van der Waals surface area (Å²) in [6, 6.07) is -0.844. The maximum atomic E-state index is 12.9. The zero-order valence-corrected chi connectivity index (χ0v) is 33.0. The molecule has 0 spiro atoms. The molecule has 0 aromatic rings. The van der Waals surface area contributed by atoms with Gasteiger partial charge in [0.25, 0.3) is 0 Å². The summed E-state index contributed by atoms with van der Waals surface area (Å²) in [6.45, 7) is 3.58. The highest BCUT2D eigenvalue weighted by atomic mass is 16.7. The lowest BCUT2D eigenvalue weighted by Crippen LogP contribution is -2.60. The molecule has 9 nitrogen and oxygen atoms in total. The van der Waals surface area contributed by atoms with Gasteiger partial charge in [-0.1, -0.05) is 132 Å². The average Bonchev–Trinajstić information content (AvgIpc) is 3.16. The summed E-state index contributed by atoms with van der Waals surface area (Å²) >= 11 is 0. The topological polar surface area (TPSA) is 149 Å². The third kappa shape index (κ3) is 25.4. The Labute approximate surface area is 321 Å². The summed E-state index contributed by atoms with van der Waals surface area (Å²) < 4.78 is 11.1. The molecule has 9 heteroatoms. The van der Waals surface area contributed by atoms with Gasteiger partial charge in [-0.15, -0.1) is 0 Å². The summed E-state index contributed by atoms with van der Waals surface area (Å²) in [4.78, 5) is 12.9. The highest BCUT2D eigenvalue weighted by molar-refractivity contribution is 5.76. The Kier molecular flexibility index (Phi) is 31.3. The predicted molar refractivity (Wildman–Crippen MR) is 216 cm³/mol. The van der Waals surface area contributed by atoms with Gasteiger partial charge in [-0.05, 0) is 77.0 Å². The molecule has 7 atom stereocenters. The molecule has 0 aromatic carbocycles. The maximum Gasteiger partial charge on any atom is 0.220 e. The molecule has 0 aromatic heterocycles. The molecule has 1 rings (SSSR count). The summed E-state index contributed by atoms with van der Waals surface area (Å²) in [5.74, 6) is -0.225. The largest absolute Gasteiger partial charge is 0.394 e. The number of hydrogen-bond acceptors (Lipinski definition) is 8. The number of aliphatic hydroxyl groups excluding tert-OH is 5. The number of aliphatic hydroxyl groups is 5. The van der Waals surface area contributed by atoms with E-state index in [4.69, 9.17) is 9.47 Å². The van der Waals surface area contributed by atoms with Gasteiger partial charge in [-0.3, -0.25) is 4.79 Å². The van der Waals surface area contributed by atoms with Crippen LogP contribution in [0.25, 0.3) is 0 Å². The minimum Gasteiger partial charge on any atom is -0.394 e. The molecule has 1 heterocycles. The molecule has 1 aliphatic rings. The second-order valence-electron chi connectivity index (χ2n) is 14.0. The third-order valence-electron chi connectivity index (χ3n) is 9.24. The van der Waals surface area contributed by atoms with Crippen LogP contribution in [0.5, 0.6) is 0 Å². The molecule has 1 amide bonds. The van der Waals surface area contributed by atoms with E-state index in [1.807, 2.05) is 6.08 Å². The number of carbonyl (C=O) groups is 1. The molecular weight excluding hydrogens is 670 g/mol. The minimum absolute atomic E-state index is 0.222. The number of nitrogens with one attached hydrogen (secondary N) is 1. The van der Waals surface area contributed by atoms with Crippen molar-refractivity contribution in [2.75, 3.05) is 13.2 Å². The van der Waals surface area contributed by atoms with E-state index < -0.39 is 49.5 Å². The standard InChI is InChI=1S/C44H75NO8/c1-3-5-7-9-11-13-15-17-18-19-20-22-23-25-27-29-31-33-38(47)37(36-52-44-43(51)42(50)41(49)39(35-46)53-44)45-40(48)34-32-30-28-26-24-21-16-14-12-10-8-6-4-2/h6,8,12,14,18-19,21,23-25,31,33,37-39,41-44,46-47,49-51H,3-5,7,9-11,13,15-17,20,22,26-30,32,34-36H2,1-2H3,(H,45,48)/b8-6-,14-12-,19-18+,24-21-,25-23+,33-31+. The van der Waals surface area contributed by atoms with Crippen LogP contribution in [0.4, 0.5) is 0 Å². The third-order valence-corrected chi connectivity index (χ3v) is 9.24. The maximum absolute atomic E-state index is 12.9. The molecule has 0 radical (unpaired) electrons. The van der Waals surface area contributed by atoms with Crippen LogP contribution in [0.2, 0.25) is 0 Å². The van der Waals surface area contributed by atoms with Gasteiger partial charge in [-0.25, -0.2) is 0 Å². The molecule has 1 aliphatic heterocycles. The molecule has 53 heavy (non-hydrogen) atoms. The van der Waals surface area contributed by atoms with Crippen molar-refractivity contribution >= 4 is 5.91 Å². The van der Waals surface area contributed by atoms with Gasteiger partial charge in [-0.2, -0.15) is 0 Å². The fraction of sp³-hybridized carbons (Fsp3) is 0.705. The number of carbonyl (C=O) groups excluding carboxylic acids is 1. The Balaban J connectivity index is 2.49. The van der Waals surface area contributed by atoms with Gasteiger partial charge in [0.1, 0.15) is 24.4 Å². The van der Waals surface area contributed by atoms with Crippen LogP contribution < -0.4 is 5.32 Å². The molecular formula is C44H75NO8. The number of rotatable bonds is 32. The Morgan fingerprint density at radius 2 is 1.19 bits per heavy atom. The fourth-order valence-corrected chi connectivity index (χ4v) is 5.90. The quantitative estimate of drug-likeness (QED) is 0.0302. The first-order valence-electron chi connectivity index (χ1n) is 20.7. The SMILES string of the molecule is CC/C=C\C/C=C\C/C=C\CCCCCC(=O)NC(COC1OC(CO)C(O)C(O)C1O)C(O)/C=C/CC/C=C/CC/C=C/CCCCCCCCC. The van der Waals surface area contributed by atoms with Crippen LogP contribution in [0, 0.1) is 0 Å². The van der Waals surface area contributed by atoms with E-state index in [0.29, 0.717) is 12.8 Å². The van der Waals surface area contributed by atoms with Crippen molar-refractivity contribution < 1.29 is 39.8 Å². The smallest absolute Gasteiger partial charge is 0.220 e. The monoisotopic (exact) mass is 746 g/mol. The van der Waals surface area contributed by atoms with E-state index in [0.717, 1.165) is 70.6 Å². The van der Waals surface area contributed by atoms with Crippen molar-refractivity contribution in [2.24, 2.45) is 0 Å². The Morgan fingerprint density at radius 1 is 0.660 bits per heavy atom. The van der Waals surface area contributed by atoms with Crippen molar-refractivity contribution in [2.45, 2.75) is 185 Å². The van der Waals surface area contributed by atoms with E-state index in [1.165, 1.54) is 44.9 Å². The average molecular weight is 746 g/mol. The number of ether oxygens (including phenoxy) is 2. The highest BCUT2D eigenvalue weighted by Crippen LogP contribution is 2.22. The molecule has 7 unspecified atom stereocenters. The van der Waals surface area contributed by atoms with Crippen LogP contribution in [-0.4, -0.2) is 87.5 Å². The van der Waals surface area contributed by atoms with Crippen LogP contribution in [0.1, 0.15) is 142 Å². The van der Waals surface area contributed by atoms with Gasteiger partial charge >= 0.3 is 0 Å². The van der Waals surface area contributed by atoms with Gasteiger partial charge < -0.3 is 40.3 Å². The Bertz CT molecular complexity index is 1050. The molecule has 6 N–H and O–H groups in total. The predicted octanol–water partition coefficient (Wildman–Crippen LogP) is 7.83. The molecule has 1 saturated heterocycles. The van der Waals surface area contributed by atoms with Gasteiger partial charge in [0.2, 0.25) is 5.91 Å². The van der Waals surface area contributed by atoms with Gasteiger partial charge in [0.15, 0.2) is 6.29 Å². The van der Waals surface area contributed by atoms with E-state index in [-0.39, 0.29) is 12.5 Å². The molecule has 0 aliphatic carbocycles. The van der Waals surface area contributed by atoms with Crippen molar-refractivity contribution in [3.8, 4) is 0 Å². The Morgan fingerprint density at radius 3 is 1.81 bits per heavy atom. The van der Waals surface area contributed by atoms with Crippen molar-refractivity contribution in [3.05, 3.63) is 72.9 Å². The zero-order valence-electron chi connectivity index (χ0n) is 33.0. The lowest BCUT2D eigenvalue weighted by atomic mass is 9.99. The van der Waals surface area contributed by atoms with E-state index in [9.17, 15) is 30.3 Å². The van der Waals surface area contributed by atoms with Crippen LogP contribution >= 0.6 is 0 Å². The molecule has 0 bridgehead atoms. The first-order valence-corrected chi connectivity index (χ1v) is 20.7. The van der Waals surface area contributed by atoms with Crippen molar-refractivity contribution in [3.63, 3.8) is 0 Å². The van der Waals surface area contributed by atoms with Crippen LogP contribution in [-0.2, 0) is 14.3 Å². The number of allylic oxidation sites excluding steroid dienone is 11. The second-order valence-corrected chi connectivity index (χ2v) is 14.0. The molecule has 0 saturated carbocycles. The van der Waals surface area contributed by atoms with Gasteiger partial charge in [0, 0.05) is 6.42 Å². The van der Waals surface area contributed by atoms with Crippen LogP contribution in [0.3, 0.4) is 0 Å². The van der Waals surface area contributed by atoms with Crippen molar-refractivity contribution in [1.29, 1.82) is 0 Å². The Hall–Kier alpha value is -2.37. The second kappa shape index (κ2) is 34.1.